The van der Waals surface area contributed by atoms with Crippen LogP contribution in [0, 0.1) is 0 Å². The summed E-state index contributed by atoms with van der Waals surface area (Å²) in [7, 11) is 0. The summed E-state index contributed by atoms with van der Waals surface area (Å²) < 4.78 is 1.93. The van der Waals surface area contributed by atoms with Crippen molar-refractivity contribution in [1.29, 1.82) is 0 Å². The van der Waals surface area contributed by atoms with Gasteiger partial charge in [-0.25, -0.2) is 4.68 Å². The van der Waals surface area contributed by atoms with Crippen molar-refractivity contribution in [1.82, 2.24) is 4.68 Å². The lowest BCUT2D eigenvalue weighted by molar-refractivity contribution is 0.835. The first-order chi connectivity index (χ1) is 9.88. The lowest BCUT2D eigenvalue weighted by atomic mass is 10.4. The molecule has 0 amide bonds. The molecule has 3 heterocycles. The largest absolute Gasteiger partial charge is 0.258 e. The van der Waals surface area contributed by atoms with Crippen LogP contribution in [-0.4, -0.2) is 17.4 Å². The molecule has 0 spiro atoms. The highest BCUT2D eigenvalue weighted by atomic mass is 32.1. The lowest BCUT2D eigenvalue weighted by Crippen LogP contribution is -2.11. The van der Waals surface area contributed by atoms with E-state index in [-0.39, 0.29) is 0 Å². The van der Waals surface area contributed by atoms with Crippen LogP contribution in [0.25, 0.3) is 10.6 Å². The van der Waals surface area contributed by atoms with Gasteiger partial charge in [0.1, 0.15) is 0 Å². The Kier molecular flexibility index (Phi) is 4.25. The molecule has 0 bridgehead atoms. The lowest BCUT2D eigenvalue weighted by Gasteiger charge is -1.99. The smallest absolute Gasteiger partial charge is 0.206 e. The van der Waals surface area contributed by atoms with E-state index in [2.05, 4.69) is 44.4 Å². The van der Waals surface area contributed by atoms with E-state index in [4.69, 9.17) is 0 Å². The van der Waals surface area contributed by atoms with Crippen LogP contribution in [0.1, 0.15) is 11.8 Å². The topological polar surface area (TPSA) is 29.6 Å². The summed E-state index contributed by atoms with van der Waals surface area (Å²) >= 11 is 5.03. The van der Waals surface area contributed by atoms with E-state index in [0.29, 0.717) is 0 Å². The van der Waals surface area contributed by atoms with Gasteiger partial charge in [-0.15, -0.1) is 34.0 Å². The number of thiophene rings is 2. The predicted molar refractivity (Wildman–Crippen MR) is 89.0 cm³/mol. The molecular weight excluding hydrogens is 306 g/mol. The minimum Gasteiger partial charge on any atom is -0.258 e. The van der Waals surface area contributed by atoms with E-state index < -0.39 is 0 Å². The Morgan fingerprint density at radius 3 is 2.70 bits per heavy atom. The van der Waals surface area contributed by atoms with E-state index in [1.165, 1.54) is 4.88 Å². The van der Waals surface area contributed by atoms with Crippen LogP contribution in [0.3, 0.4) is 0 Å². The van der Waals surface area contributed by atoms with Gasteiger partial charge in [0.05, 0.1) is 16.8 Å². The highest BCUT2D eigenvalue weighted by molar-refractivity contribution is 7.14. The standard InChI is InChI=1S/C14H13N3S3/c1-2-15-14-17(16-9-11-5-3-7-18-11)12(10-20-14)13-6-4-8-19-13/h3-10H,2H2,1H3. The number of rotatable bonds is 4. The Morgan fingerprint density at radius 2 is 2.00 bits per heavy atom. The summed E-state index contributed by atoms with van der Waals surface area (Å²) in [4.78, 5) is 7.80. The molecule has 3 nitrogen and oxygen atoms in total. The van der Waals surface area contributed by atoms with Crippen molar-refractivity contribution in [3.8, 4) is 10.6 Å². The molecule has 0 saturated carbocycles. The van der Waals surface area contributed by atoms with Gasteiger partial charge in [0.15, 0.2) is 0 Å². The normalized spacial score (nSPS) is 12.6. The van der Waals surface area contributed by atoms with Gasteiger partial charge in [0.25, 0.3) is 0 Å². The van der Waals surface area contributed by atoms with Gasteiger partial charge in [-0.2, -0.15) is 5.10 Å². The molecule has 0 aliphatic heterocycles. The van der Waals surface area contributed by atoms with E-state index in [1.807, 2.05) is 23.9 Å². The van der Waals surface area contributed by atoms with Crippen LogP contribution in [-0.2, 0) is 0 Å². The molecule has 102 valence electrons. The average Bonchev–Trinajstić information content (AvgIpc) is 3.19. The minimum absolute atomic E-state index is 0.763. The zero-order valence-corrected chi connectivity index (χ0v) is 13.3. The maximum absolute atomic E-state index is 4.61. The second-order valence-corrected chi connectivity index (χ2v) is 6.69. The first-order valence-electron chi connectivity index (χ1n) is 6.21. The summed E-state index contributed by atoms with van der Waals surface area (Å²) in [6.07, 6.45) is 1.89. The number of thiazole rings is 1. The van der Waals surface area contributed by atoms with Crippen molar-refractivity contribution in [2.24, 2.45) is 10.1 Å². The molecule has 0 radical (unpaired) electrons. The predicted octanol–water partition coefficient (Wildman–Crippen LogP) is 4.14. The fourth-order valence-corrected chi connectivity index (χ4v) is 4.00. The van der Waals surface area contributed by atoms with E-state index in [0.717, 1.165) is 21.9 Å². The van der Waals surface area contributed by atoms with Crippen molar-refractivity contribution in [2.45, 2.75) is 6.92 Å². The Hall–Kier alpha value is -1.50. The van der Waals surface area contributed by atoms with E-state index in [1.54, 1.807) is 34.0 Å². The van der Waals surface area contributed by atoms with Crippen LogP contribution in [0.2, 0.25) is 0 Å². The van der Waals surface area contributed by atoms with E-state index in [9.17, 15) is 0 Å². The van der Waals surface area contributed by atoms with Crippen LogP contribution >= 0.6 is 34.0 Å². The van der Waals surface area contributed by atoms with Crippen molar-refractivity contribution in [2.75, 3.05) is 6.54 Å². The summed E-state index contributed by atoms with van der Waals surface area (Å²) in [6.45, 7) is 2.80. The molecule has 3 aromatic rings. The fraction of sp³-hybridized carbons (Fsp3) is 0.143. The molecule has 20 heavy (non-hydrogen) atoms. The molecule has 3 rings (SSSR count). The maximum Gasteiger partial charge on any atom is 0.206 e. The third-order valence-corrected chi connectivity index (χ3v) is 5.15. The Labute approximate surface area is 129 Å². The Balaban J connectivity index is 2.07. The van der Waals surface area contributed by atoms with Crippen molar-refractivity contribution in [3.05, 3.63) is 50.1 Å². The molecule has 0 N–H and O–H groups in total. The number of hydrogen-bond donors (Lipinski definition) is 0. The second kappa shape index (κ2) is 6.30. The quantitative estimate of drug-likeness (QED) is 0.647. The molecule has 0 saturated heterocycles. The number of hydrogen-bond acceptors (Lipinski definition) is 5. The van der Waals surface area contributed by atoms with Crippen LogP contribution in [0.15, 0.2) is 50.5 Å². The van der Waals surface area contributed by atoms with Crippen molar-refractivity contribution < 1.29 is 0 Å². The second-order valence-electron chi connectivity index (χ2n) is 3.93. The monoisotopic (exact) mass is 319 g/mol. The third-order valence-electron chi connectivity index (χ3n) is 2.60. The maximum atomic E-state index is 4.61. The first kappa shape index (κ1) is 13.5. The molecule has 0 aliphatic rings. The van der Waals surface area contributed by atoms with Gasteiger partial charge in [-0.3, -0.25) is 4.99 Å². The fourth-order valence-electron chi connectivity index (χ4n) is 1.73. The van der Waals surface area contributed by atoms with Gasteiger partial charge < -0.3 is 0 Å². The van der Waals surface area contributed by atoms with Crippen LogP contribution in [0.5, 0.6) is 0 Å². The third kappa shape index (κ3) is 2.82. The molecule has 0 fully saturated rings. The summed E-state index contributed by atoms with van der Waals surface area (Å²) in [5, 5.41) is 10.9. The zero-order chi connectivity index (χ0) is 13.8. The van der Waals surface area contributed by atoms with Crippen LogP contribution in [0.4, 0.5) is 0 Å². The molecule has 0 aromatic carbocycles. The van der Waals surface area contributed by atoms with Gasteiger partial charge in [0.2, 0.25) is 4.80 Å². The molecular formula is C14H13N3S3. The minimum atomic E-state index is 0.763. The summed E-state index contributed by atoms with van der Waals surface area (Å²) in [6, 6.07) is 8.26. The summed E-state index contributed by atoms with van der Waals surface area (Å²) in [5.41, 5.74) is 1.10. The van der Waals surface area contributed by atoms with Gasteiger partial charge in [0, 0.05) is 16.8 Å². The van der Waals surface area contributed by atoms with Gasteiger partial charge in [-0.05, 0) is 29.8 Å². The van der Waals surface area contributed by atoms with Gasteiger partial charge >= 0.3 is 0 Å². The number of nitrogens with zero attached hydrogens (tertiary/aromatic N) is 3. The van der Waals surface area contributed by atoms with Crippen molar-refractivity contribution in [3.63, 3.8) is 0 Å². The van der Waals surface area contributed by atoms with E-state index >= 15 is 0 Å². The first-order valence-corrected chi connectivity index (χ1v) is 8.85. The highest BCUT2D eigenvalue weighted by Crippen LogP contribution is 2.25. The SMILES string of the molecule is CCN=c1scc(-c2cccs2)n1N=Cc1cccs1. The zero-order valence-electron chi connectivity index (χ0n) is 10.9. The Bertz CT molecular complexity index is 746. The Morgan fingerprint density at radius 1 is 1.15 bits per heavy atom. The highest BCUT2D eigenvalue weighted by Gasteiger charge is 2.07. The summed E-state index contributed by atoms with van der Waals surface area (Å²) in [5.74, 6) is 0. The van der Waals surface area contributed by atoms with Crippen LogP contribution < -0.4 is 4.80 Å². The average molecular weight is 319 g/mol. The number of aromatic nitrogens is 1. The molecule has 6 heteroatoms. The van der Waals surface area contributed by atoms with Crippen molar-refractivity contribution >= 4 is 40.2 Å². The van der Waals surface area contributed by atoms with Gasteiger partial charge in [-0.1, -0.05) is 12.1 Å². The molecule has 3 aromatic heterocycles. The molecule has 0 atom stereocenters. The molecule has 0 aliphatic carbocycles. The molecule has 0 unspecified atom stereocenters.